The van der Waals surface area contributed by atoms with E-state index in [9.17, 15) is 4.79 Å². The van der Waals surface area contributed by atoms with Crippen molar-refractivity contribution in [2.45, 2.75) is 25.8 Å². The van der Waals surface area contributed by atoms with E-state index in [1.807, 2.05) is 18.2 Å². The van der Waals surface area contributed by atoms with Gasteiger partial charge in [-0.3, -0.25) is 0 Å². The van der Waals surface area contributed by atoms with E-state index in [1.165, 1.54) is 5.56 Å². The van der Waals surface area contributed by atoms with Gasteiger partial charge in [-0.15, -0.1) is 0 Å². The van der Waals surface area contributed by atoms with Crippen LogP contribution in [0.1, 0.15) is 40.9 Å². The Bertz CT molecular complexity index is 387. The molecular formula is C12H15NO2. The Morgan fingerprint density at radius 3 is 3.13 bits per heavy atom. The highest BCUT2D eigenvalue weighted by Crippen LogP contribution is 2.29. The second-order valence-corrected chi connectivity index (χ2v) is 3.78. The predicted octanol–water partition coefficient (Wildman–Crippen LogP) is 1.81. The second-order valence-electron chi connectivity index (χ2n) is 3.78. The SMILES string of the molecule is CCOC(=O)c1ccc2c(c1)C(N)CC2. The molecule has 0 heterocycles. The van der Waals surface area contributed by atoms with Crippen molar-refractivity contribution < 1.29 is 9.53 Å². The summed E-state index contributed by atoms with van der Waals surface area (Å²) in [6.07, 6.45) is 1.99. The summed E-state index contributed by atoms with van der Waals surface area (Å²) in [4.78, 5) is 11.5. The van der Waals surface area contributed by atoms with Gasteiger partial charge in [0.25, 0.3) is 0 Å². The monoisotopic (exact) mass is 205 g/mol. The zero-order valence-corrected chi connectivity index (χ0v) is 8.82. The molecule has 0 aromatic heterocycles. The first-order valence-corrected chi connectivity index (χ1v) is 5.28. The first-order chi connectivity index (χ1) is 7.22. The van der Waals surface area contributed by atoms with Gasteiger partial charge in [-0.1, -0.05) is 6.07 Å². The van der Waals surface area contributed by atoms with E-state index in [0.717, 1.165) is 18.4 Å². The number of hydrogen-bond donors (Lipinski definition) is 1. The lowest BCUT2D eigenvalue weighted by Crippen LogP contribution is -2.08. The molecule has 2 N–H and O–H groups in total. The number of carbonyl (C=O) groups is 1. The quantitative estimate of drug-likeness (QED) is 0.749. The first-order valence-electron chi connectivity index (χ1n) is 5.28. The molecule has 0 aliphatic heterocycles. The smallest absolute Gasteiger partial charge is 0.338 e. The van der Waals surface area contributed by atoms with Crippen LogP contribution >= 0.6 is 0 Å². The van der Waals surface area contributed by atoms with Crippen molar-refractivity contribution in [3.05, 3.63) is 34.9 Å². The maximum absolute atomic E-state index is 11.5. The van der Waals surface area contributed by atoms with Gasteiger partial charge in [0.15, 0.2) is 0 Å². The molecule has 15 heavy (non-hydrogen) atoms. The standard InChI is InChI=1S/C12H15NO2/c1-2-15-12(14)9-4-3-8-5-6-11(13)10(8)7-9/h3-4,7,11H,2,5-6,13H2,1H3. The number of hydrogen-bond acceptors (Lipinski definition) is 3. The number of carbonyl (C=O) groups excluding carboxylic acids is 1. The maximum Gasteiger partial charge on any atom is 0.338 e. The lowest BCUT2D eigenvalue weighted by atomic mass is 10.0. The van der Waals surface area contributed by atoms with Gasteiger partial charge in [-0.2, -0.15) is 0 Å². The van der Waals surface area contributed by atoms with Crippen LogP contribution in [0, 0.1) is 0 Å². The number of fused-ring (bicyclic) bond motifs is 1. The molecule has 1 aromatic carbocycles. The van der Waals surface area contributed by atoms with Crippen molar-refractivity contribution >= 4 is 5.97 Å². The number of rotatable bonds is 2. The Kier molecular flexibility index (Phi) is 2.73. The third-order valence-electron chi connectivity index (χ3n) is 2.78. The van der Waals surface area contributed by atoms with Crippen LogP contribution in [0.2, 0.25) is 0 Å². The van der Waals surface area contributed by atoms with Crippen LogP contribution in [0.5, 0.6) is 0 Å². The maximum atomic E-state index is 11.5. The van der Waals surface area contributed by atoms with Crippen molar-refractivity contribution in [1.29, 1.82) is 0 Å². The molecule has 3 heteroatoms. The number of esters is 1. The molecule has 1 aliphatic carbocycles. The summed E-state index contributed by atoms with van der Waals surface area (Å²) in [6.45, 7) is 2.21. The van der Waals surface area contributed by atoms with Gasteiger partial charge in [0.2, 0.25) is 0 Å². The lowest BCUT2D eigenvalue weighted by Gasteiger charge is -2.07. The average Bonchev–Trinajstić information content (AvgIpc) is 2.60. The molecule has 3 nitrogen and oxygen atoms in total. The first kappa shape index (κ1) is 10.2. The van der Waals surface area contributed by atoms with Crippen LogP contribution in [-0.2, 0) is 11.2 Å². The largest absolute Gasteiger partial charge is 0.462 e. The number of nitrogens with two attached hydrogens (primary N) is 1. The van der Waals surface area contributed by atoms with Crippen molar-refractivity contribution in [2.75, 3.05) is 6.61 Å². The molecule has 0 amide bonds. The van der Waals surface area contributed by atoms with E-state index >= 15 is 0 Å². The zero-order valence-electron chi connectivity index (χ0n) is 8.82. The molecule has 0 bridgehead atoms. The van der Waals surface area contributed by atoms with E-state index in [1.54, 1.807) is 6.92 Å². The van der Waals surface area contributed by atoms with Gasteiger partial charge < -0.3 is 10.5 Å². The molecule has 0 spiro atoms. The van der Waals surface area contributed by atoms with E-state index in [0.29, 0.717) is 12.2 Å². The fraction of sp³-hybridized carbons (Fsp3) is 0.417. The Hall–Kier alpha value is -1.35. The van der Waals surface area contributed by atoms with E-state index < -0.39 is 0 Å². The van der Waals surface area contributed by atoms with Gasteiger partial charge >= 0.3 is 5.97 Å². The van der Waals surface area contributed by atoms with Gasteiger partial charge in [-0.05, 0) is 43.0 Å². The molecule has 1 aliphatic rings. The summed E-state index contributed by atoms with van der Waals surface area (Å²) in [5, 5.41) is 0. The van der Waals surface area contributed by atoms with Crippen LogP contribution < -0.4 is 5.73 Å². The minimum atomic E-state index is -0.264. The van der Waals surface area contributed by atoms with Crippen LogP contribution in [0.25, 0.3) is 0 Å². The molecule has 80 valence electrons. The normalized spacial score (nSPS) is 18.7. The van der Waals surface area contributed by atoms with Gasteiger partial charge in [0, 0.05) is 6.04 Å². The summed E-state index contributed by atoms with van der Waals surface area (Å²) >= 11 is 0. The van der Waals surface area contributed by atoms with Crippen molar-refractivity contribution in [1.82, 2.24) is 0 Å². The van der Waals surface area contributed by atoms with Gasteiger partial charge in [0.1, 0.15) is 0 Å². The molecule has 1 aromatic rings. The van der Waals surface area contributed by atoms with E-state index in [2.05, 4.69) is 0 Å². The molecular weight excluding hydrogens is 190 g/mol. The Morgan fingerprint density at radius 2 is 2.40 bits per heavy atom. The molecule has 1 unspecified atom stereocenters. The summed E-state index contributed by atoms with van der Waals surface area (Å²) < 4.78 is 4.94. The molecule has 0 saturated heterocycles. The number of aryl methyl sites for hydroxylation is 1. The van der Waals surface area contributed by atoms with Crippen LogP contribution in [0.3, 0.4) is 0 Å². The third kappa shape index (κ3) is 1.88. The highest BCUT2D eigenvalue weighted by atomic mass is 16.5. The van der Waals surface area contributed by atoms with Crippen molar-refractivity contribution in [3.63, 3.8) is 0 Å². The number of benzene rings is 1. The minimum absolute atomic E-state index is 0.0781. The van der Waals surface area contributed by atoms with Gasteiger partial charge in [0.05, 0.1) is 12.2 Å². The molecule has 2 rings (SSSR count). The average molecular weight is 205 g/mol. The zero-order chi connectivity index (χ0) is 10.8. The Morgan fingerprint density at radius 1 is 1.60 bits per heavy atom. The fourth-order valence-corrected chi connectivity index (χ4v) is 1.98. The number of ether oxygens (including phenoxy) is 1. The second kappa shape index (κ2) is 4.03. The van der Waals surface area contributed by atoms with Crippen LogP contribution in [0.4, 0.5) is 0 Å². The fourth-order valence-electron chi connectivity index (χ4n) is 1.98. The topological polar surface area (TPSA) is 52.3 Å². The molecule has 0 fully saturated rings. The van der Waals surface area contributed by atoms with Crippen LogP contribution in [0.15, 0.2) is 18.2 Å². The molecule has 1 atom stereocenters. The van der Waals surface area contributed by atoms with Crippen molar-refractivity contribution in [2.24, 2.45) is 5.73 Å². The lowest BCUT2D eigenvalue weighted by molar-refractivity contribution is 0.0526. The predicted molar refractivity (Wildman–Crippen MR) is 57.6 cm³/mol. The molecule has 0 radical (unpaired) electrons. The van der Waals surface area contributed by atoms with Crippen molar-refractivity contribution in [3.8, 4) is 0 Å². The highest BCUT2D eigenvalue weighted by molar-refractivity contribution is 5.89. The summed E-state index contributed by atoms with van der Waals surface area (Å²) in [5.74, 6) is -0.264. The highest BCUT2D eigenvalue weighted by Gasteiger charge is 2.20. The van der Waals surface area contributed by atoms with E-state index in [4.69, 9.17) is 10.5 Å². The summed E-state index contributed by atoms with van der Waals surface area (Å²) in [5.41, 5.74) is 8.90. The van der Waals surface area contributed by atoms with Crippen LogP contribution in [-0.4, -0.2) is 12.6 Å². The molecule has 0 saturated carbocycles. The minimum Gasteiger partial charge on any atom is -0.462 e. The Labute approximate surface area is 89.2 Å². The van der Waals surface area contributed by atoms with Gasteiger partial charge in [-0.25, -0.2) is 4.79 Å². The van der Waals surface area contributed by atoms with E-state index in [-0.39, 0.29) is 12.0 Å². The Balaban J connectivity index is 2.29. The summed E-state index contributed by atoms with van der Waals surface area (Å²) in [6, 6.07) is 5.74. The third-order valence-corrected chi connectivity index (χ3v) is 2.78. The summed E-state index contributed by atoms with van der Waals surface area (Å²) in [7, 11) is 0.